The Morgan fingerprint density at radius 3 is 2.13 bits per heavy atom. The number of carbonyl (C=O) groups is 2. The molecule has 0 unspecified atom stereocenters. The molecular formula is C20H13F6N3O2. The van der Waals surface area contributed by atoms with E-state index in [-0.39, 0.29) is 5.56 Å². The zero-order chi connectivity index (χ0) is 23.4. The fourth-order valence-corrected chi connectivity index (χ4v) is 3.28. The van der Waals surface area contributed by atoms with Crippen molar-refractivity contribution in [3.8, 4) is 6.07 Å². The molecule has 0 aromatic heterocycles. The van der Waals surface area contributed by atoms with Crippen LogP contribution in [-0.2, 0) is 17.1 Å². The predicted molar refractivity (Wildman–Crippen MR) is 97.0 cm³/mol. The van der Waals surface area contributed by atoms with Gasteiger partial charge in [-0.2, -0.15) is 31.6 Å². The average molecular weight is 441 g/mol. The molecule has 0 saturated carbocycles. The Morgan fingerprint density at radius 1 is 0.935 bits per heavy atom. The Bertz CT molecular complexity index is 1120. The highest BCUT2D eigenvalue weighted by atomic mass is 19.4. The van der Waals surface area contributed by atoms with Crippen LogP contribution in [0, 0.1) is 11.3 Å². The first kappa shape index (κ1) is 22.1. The zero-order valence-corrected chi connectivity index (χ0v) is 16.0. The molecule has 1 saturated heterocycles. The van der Waals surface area contributed by atoms with Crippen LogP contribution in [0.25, 0.3) is 0 Å². The lowest BCUT2D eigenvalue weighted by atomic mass is 10.00. The van der Waals surface area contributed by atoms with Crippen LogP contribution in [0.15, 0.2) is 42.5 Å². The number of nitrogens with zero attached hydrogens (tertiary/aromatic N) is 3. The van der Waals surface area contributed by atoms with Gasteiger partial charge in [-0.1, -0.05) is 6.07 Å². The van der Waals surface area contributed by atoms with E-state index in [4.69, 9.17) is 5.26 Å². The van der Waals surface area contributed by atoms with E-state index in [1.807, 2.05) is 0 Å². The molecule has 5 nitrogen and oxygen atoms in total. The van der Waals surface area contributed by atoms with Gasteiger partial charge in [0, 0.05) is 0 Å². The van der Waals surface area contributed by atoms with Gasteiger partial charge in [0.05, 0.1) is 34.1 Å². The Labute approximate surface area is 172 Å². The molecule has 1 aliphatic rings. The molecule has 0 radical (unpaired) electrons. The number of urea groups is 1. The molecular weight excluding hydrogens is 428 g/mol. The van der Waals surface area contributed by atoms with Crippen LogP contribution in [-0.4, -0.2) is 17.5 Å². The van der Waals surface area contributed by atoms with Crippen LogP contribution in [0.1, 0.15) is 30.5 Å². The lowest BCUT2D eigenvalue weighted by molar-refractivity contribution is -0.138. The highest BCUT2D eigenvalue weighted by Crippen LogP contribution is 2.43. The Balaban J connectivity index is 2.17. The number of alkyl halides is 6. The summed E-state index contributed by atoms with van der Waals surface area (Å²) in [6.45, 7) is 2.36. The molecule has 1 heterocycles. The molecule has 2 aromatic carbocycles. The minimum absolute atomic E-state index is 0.318. The van der Waals surface area contributed by atoms with Crippen LogP contribution in [0.5, 0.6) is 0 Å². The fourth-order valence-electron chi connectivity index (χ4n) is 3.28. The molecule has 0 spiro atoms. The normalized spacial score (nSPS) is 16.6. The highest BCUT2D eigenvalue weighted by molar-refractivity contribution is 6.30. The largest absolute Gasteiger partial charge is 0.418 e. The van der Waals surface area contributed by atoms with Gasteiger partial charge in [-0.05, 0) is 50.2 Å². The fraction of sp³-hybridized carbons (Fsp3) is 0.250. The minimum atomic E-state index is -4.97. The minimum Gasteiger partial charge on any atom is -0.278 e. The van der Waals surface area contributed by atoms with E-state index >= 15 is 0 Å². The predicted octanol–water partition coefficient (Wildman–Crippen LogP) is 5.35. The van der Waals surface area contributed by atoms with Crippen molar-refractivity contribution in [3.05, 3.63) is 59.2 Å². The third-order valence-corrected chi connectivity index (χ3v) is 4.77. The van der Waals surface area contributed by atoms with Crippen molar-refractivity contribution in [2.24, 2.45) is 0 Å². The van der Waals surface area contributed by atoms with E-state index in [0.717, 1.165) is 30.3 Å². The van der Waals surface area contributed by atoms with Gasteiger partial charge in [0.15, 0.2) is 0 Å². The summed E-state index contributed by atoms with van der Waals surface area (Å²) in [6.07, 6.45) is -9.72. The van der Waals surface area contributed by atoms with Gasteiger partial charge in [0.25, 0.3) is 5.91 Å². The van der Waals surface area contributed by atoms with Gasteiger partial charge < -0.3 is 0 Å². The summed E-state index contributed by atoms with van der Waals surface area (Å²) in [5.74, 6) is -1.01. The SMILES string of the molecule is CC1(C)C(=O)N(c2cccc(C(F)(F)F)c2)C(=O)N1c1ccc(C#N)cc1C(F)(F)F. The van der Waals surface area contributed by atoms with Crippen molar-refractivity contribution in [3.63, 3.8) is 0 Å². The molecule has 0 bridgehead atoms. The zero-order valence-electron chi connectivity index (χ0n) is 16.0. The third-order valence-electron chi connectivity index (χ3n) is 4.77. The van der Waals surface area contributed by atoms with Crippen LogP contribution >= 0.6 is 0 Å². The van der Waals surface area contributed by atoms with Crippen molar-refractivity contribution in [1.82, 2.24) is 0 Å². The van der Waals surface area contributed by atoms with Gasteiger partial charge in [-0.3, -0.25) is 9.69 Å². The Morgan fingerprint density at radius 2 is 1.58 bits per heavy atom. The maximum absolute atomic E-state index is 13.6. The molecule has 0 N–H and O–H groups in total. The summed E-state index contributed by atoms with van der Waals surface area (Å²) < 4.78 is 80.0. The number of hydrogen-bond acceptors (Lipinski definition) is 3. The smallest absolute Gasteiger partial charge is 0.278 e. The van der Waals surface area contributed by atoms with Crippen LogP contribution < -0.4 is 9.80 Å². The number of benzene rings is 2. The molecule has 162 valence electrons. The Hall–Kier alpha value is -3.55. The first-order valence-corrected chi connectivity index (χ1v) is 8.67. The van der Waals surface area contributed by atoms with Crippen LogP contribution in [0.2, 0.25) is 0 Å². The number of nitriles is 1. The van der Waals surface area contributed by atoms with E-state index in [1.54, 1.807) is 6.07 Å². The summed E-state index contributed by atoms with van der Waals surface area (Å²) >= 11 is 0. The first-order chi connectivity index (χ1) is 14.2. The molecule has 2 aromatic rings. The monoisotopic (exact) mass is 441 g/mol. The van der Waals surface area contributed by atoms with Crippen molar-refractivity contribution in [1.29, 1.82) is 5.26 Å². The third kappa shape index (κ3) is 3.69. The Kier molecular flexibility index (Phi) is 5.00. The van der Waals surface area contributed by atoms with E-state index in [2.05, 4.69) is 0 Å². The number of anilines is 2. The lowest BCUT2D eigenvalue weighted by Crippen LogP contribution is -2.45. The van der Waals surface area contributed by atoms with Gasteiger partial charge in [0.2, 0.25) is 0 Å². The summed E-state index contributed by atoms with van der Waals surface area (Å²) in [7, 11) is 0. The molecule has 1 aliphatic heterocycles. The van der Waals surface area contributed by atoms with Crippen molar-refractivity contribution >= 4 is 23.3 Å². The molecule has 11 heteroatoms. The van der Waals surface area contributed by atoms with Crippen molar-refractivity contribution in [2.45, 2.75) is 31.7 Å². The number of halogens is 6. The number of rotatable bonds is 2. The van der Waals surface area contributed by atoms with Crippen LogP contribution in [0.3, 0.4) is 0 Å². The summed E-state index contributed by atoms with van der Waals surface area (Å²) in [6, 6.07) is 6.15. The summed E-state index contributed by atoms with van der Waals surface area (Å²) in [4.78, 5) is 26.9. The quantitative estimate of drug-likeness (QED) is 0.466. The maximum atomic E-state index is 13.6. The number of carbonyl (C=O) groups excluding carboxylic acids is 2. The molecule has 31 heavy (non-hydrogen) atoms. The van der Waals surface area contributed by atoms with Gasteiger partial charge in [0.1, 0.15) is 5.54 Å². The first-order valence-electron chi connectivity index (χ1n) is 8.67. The molecule has 3 amide bonds. The van der Waals surface area contributed by atoms with Crippen LogP contribution in [0.4, 0.5) is 42.5 Å². The van der Waals surface area contributed by atoms with Crippen molar-refractivity contribution < 1.29 is 35.9 Å². The second-order valence-corrected chi connectivity index (χ2v) is 7.21. The molecule has 1 fully saturated rings. The number of amides is 3. The standard InChI is InChI=1S/C20H13F6N3O2/c1-18(2)16(30)28(13-5-3-4-12(9-13)19(21,22)23)17(31)29(18)15-7-6-11(10-27)8-14(15)20(24,25)26/h3-9H,1-2H3. The molecule has 0 aliphatic carbocycles. The average Bonchev–Trinajstić information content (AvgIpc) is 2.84. The van der Waals surface area contributed by atoms with E-state index < -0.39 is 52.3 Å². The summed E-state index contributed by atoms with van der Waals surface area (Å²) in [5, 5.41) is 8.91. The second-order valence-electron chi connectivity index (χ2n) is 7.21. The van der Waals surface area contributed by atoms with Gasteiger partial charge in [-0.25, -0.2) is 9.69 Å². The molecule has 0 atom stereocenters. The van der Waals surface area contributed by atoms with Crippen molar-refractivity contribution in [2.75, 3.05) is 9.80 Å². The lowest BCUT2D eigenvalue weighted by Gasteiger charge is -2.30. The second kappa shape index (κ2) is 7.01. The van der Waals surface area contributed by atoms with Gasteiger partial charge >= 0.3 is 18.4 Å². The van der Waals surface area contributed by atoms with E-state index in [0.29, 0.717) is 21.9 Å². The number of imide groups is 1. The molecule has 3 rings (SSSR count). The topological polar surface area (TPSA) is 64.4 Å². The van der Waals surface area contributed by atoms with E-state index in [1.165, 1.54) is 13.8 Å². The number of hydrogen-bond donors (Lipinski definition) is 0. The van der Waals surface area contributed by atoms with Gasteiger partial charge in [-0.15, -0.1) is 0 Å². The summed E-state index contributed by atoms with van der Waals surface area (Å²) in [5.41, 5.74) is -5.74. The van der Waals surface area contributed by atoms with E-state index in [9.17, 15) is 35.9 Å². The maximum Gasteiger partial charge on any atom is 0.418 e. The highest BCUT2D eigenvalue weighted by Gasteiger charge is 2.54.